The first-order chi connectivity index (χ1) is 18.9. The molecule has 3 aromatic rings. The normalized spacial score (nSPS) is 18.2. The maximum atomic E-state index is 13.4. The van der Waals surface area contributed by atoms with Gasteiger partial charge in [0.1, 0.15) is 5.75 Å². The third-order valence-corrected chi connectivity index (χ3v) is 9.16. The second-order valence-corrected chi connectivity index (χ2v) is 12.3. The third kappa shape index (κ3) is 6.52. The van der Waals surface area contributed by atoms with Gasteiger partial charge in [0.15, 0.2) is 0 Å². The highest BCUT2D eigenvalue weighted by Crippen LogP contribution is 2.38. The van der Waals surface area contributed by atoms with Crippen LogP contribution in [0.1, 0.15) is 59.5 Å². The molecule has 1 aromatic heterocycles. The van der Waals surface area contributed by atoms with Crippen molar-refractivity contribution in [1.29, 1.82) is 0 Å². The topological polar surface area (TPSA) is 71.5 Å². The molecule has 1 saturated heterocycles. The molecule has 0 bridgehead atoms. The number of likely N-dealkylation sites (tertiary alicyclic amines) is 1. The zero-order valence-electron chi connectivity index (χ0n) is 23.1. The van der Waals surface area contributed by atoms with Crippen molar-refractivity contribution in [3.05, 3.63) is 69.5 Å². The third-order valence-electron chi connectivity index (χ3n) is 8.18. The van der Waals surface area contributed by atoms with E-state index in [2.05, 4.69) is 48.6 Å². The second-order valence-electron chi connectivity index (χ2n) is 11.0. The molecule has 2 aromatic carbocycles. The van der Waals surface area contributed by atoms with E-state index in [0.29, 0.717) is 45.5 Å². The minimum absolute atomic E-state index is 0.126. The van der Waals surface area contributed by atoms with Gasteiger partial charge in [0, 0.05) is 30.1 Å². The molecule has 0 unspecified atom stereocenters. The lowest BCUT2D eigenvalue weighted by molar-refractivity contribution is -0.140. The standard InChI is InChI=1S/C32H39N3O3S/c1-23-11-13-26(14-12-23)30-28(39-24(2)34-30)22-29(36)35-19-16-32(17-20-35)15-6-5-9-25-8-3-4-10-27(25)38-21-7-18-33-31(32)37/h3-4,8,10-14H,5-7,9,15-22H2,1-2H3,(H,33,37). The van der Waals surface area contributed by atoms with E-state index >= 15 is 0 Å². The number of para-hydroxylation sites is 1. The molecule has 6 nitrogen and oxygen atoms in total. The lowest BCUT2D eigenvalue weighted by Gasteiger charge is -2.41. The van der Waals surface area contributed by atoms with Gasteiger partial charge in [-0.2, -0.15) is 0 Å². The van der Waals surface area contributed by atoms with Crippen molar-refractivity contribution in [2.75, 3.05) is 26.2 Å². The minimum atomic E-state index is -0.403. The molecule has 3 heterocycles. The predicted molar refractivity (Wildman–Crippen MR) is 156 cm³/mol. The van der Waals surface area contributed by atoms with Crippen molar-refractivity contribution in [1.82, 2.24) is 15.2 Å². The lowest BCUT2D eigenvalue weighted by Crippen LogP contribution is -2.50. The monoisotopic (exact) mass is 545 g/mol. The number of thiazole rings is 1. The molecule has 0 saturated carbocycles. The molecule has 5 rings (SSSR count). The summed E-state index contributed by atoms with van der Waals surface area (Å²) in [5.41, 5.74) is 4.02. The zero-order chi connectivity index (χ0) is 27.2. The maximum absolute atomic E-state index is 13.4. The van der Waals surface area contributed by atoms with Gasteiger partial charge in [0.05, 0.1) is 29.1 Å². The van der Waals surface area contributed by atoms with Crippen LogP contribution >= 0.6 is 11.3 Å². The van der Waals surface area contributed by atoms with Gasteiger partial charge in [-0.3, -0.25) is 9.59 Å². The van der Waals surface area contributed by atoms with Crippen LogP contribution in [0, 0.1) is 19.3 Å². The summed E-state index contributed by atoms with van der Waals surface area (Å²) in [5.74, 6) is 1.23. The first-order valence-electron chi connectivity index (χ1n) is 14.2. The van der Waals surface area contributed by atoms with E-state index < -0.39 is 5.41 Å². The number of nitrogens with zero attached hydrogens (tertiary/aromatic N) is 2. The van der Waals surface area contributed by atoms with E-state index in [-0.39, 0.29) is 11.8 Å². The highest BCUT2D eigenvalue weighted by Gasteiger charge is 2.41. The Labute approximate surface area is 235 Å². The quantitative estimate of drug-likeness (QED) is 0.446. The smallest absolute Gasteiger partial charge is 0.227 e. The van der Waals surface area contributed by atoms with E-state index in [9.17, 15) is 9.59 Å². The number of aromatic nitrogens is 1. The molecule has 0 radical (unpaired) electrons. The minimum Gasteiger partial charge on any atom is -0.493 e. The summed E-state index contributed by atoms with van der Waals surface area (Å²) in [4.78, 5) is 34.6. The van der Waals surface area contributed by atoms with Crippen LogP contribution in [-0.4, -0.2) is 47.9 Å². The Kier molecular flexibility index (Phi) is 8.66. The molecule has 7 heteroatoms. The number of hydrogen-bond donors (Lipinski definition) is 1. The molecule has 2 amide bonds. The Morgan fingerprint density at radius 3 is 2.59 bits per heavy atom. The van der Waals surface area contributed by atoms with Gasteiger partial charge in [-0.15, -0.1) is 11.3 Å². The highest BCUT2D eigenvalue weighted by molar-refractivity contribution is 7.12. The molecule has 0 aliphatic carbocycles. The Bertz CT molecular complexity index is 1290. The number of carbonyl (C=O) groups is 2. The van der Waals surface area contributed by atoms with E-state index in [0.717, 1.165) is 59.0 Å². The summed E-state index contributed by atoms with van der Waals surface area (Å²) in [6, 6.07) is 16.6. The second kappa shape index (κ2) is 12.3. The van der Waals surface area contributed by atoms with Crippen molar-refractivity contribution < 1.29 is 14.3 Å². The number of aryl methyl sites for hydroxylation is 3. The van der Waals surface area contributed by atoms with Crippen molar-refractivity contribution in [3.8, 4) is 17.0 Å². The summed E-state index contributed by atoms with van der Waals surface area (Å²) in [6.07, 6.45) is 6.37. The average Bonchev–Trinajstić information content (AvgIpc) is 3.31. The summed E-state index contributed by atoms with van der Waals surface area (Å²) in [6.45, 7) is 6.51. The van der Waals surface area contributed by atoms with Crippen LogP contribution in [0.5, 0.6) is 5.75 Å². The molecule has 0 atom stereocenters. The fourth-order valence-corrected chi connectivity index (χ4v) is 6.77. The molecular weight excluding hydrogens is 506 g/mol. The number of hydrogen-bond acceptors (Lipinski definition) is 5. The summed E-state index contributed by atoms with van der Waals surface area (Å²) < 4.78 is 6.01. The first-order valence-corrected chi connectivity index (χ1v) is 15.1. The molecule has 1 spiro atoms. The number of nitrogens with one attached hydrogen (secondary N) is 1. The number of piperidine rings is 1. The van der Waals surface area contributed by atoms with Crippen molar-refractivity contribution in [2.24, 2.45) is 5.41 Å². The van der Waals surface area contributed by atoms with Crippen LogP contribution in [0.2, 0.25) is 0 Å². The van der Waals surface area contributed by atoms with Crippen LogP contribution in [-0.2, 0) is 22.4 Å². The molecular formula is C32H39N3O3S. The molecule has 1 N–H and O–H groups in total. The molecule has 2 aliphatic heterocycles. The average molecular weight is 546 g/mol. The van der Waals surface area contributed by atoms with E-state index in [1.807, 2.05) is 24.0 Å². The van der Waals surface area contributed by atoms with Gasteiger partial charge in [-0.05, 0) is 64.0 Å². The highest BCUT2D eigenvalue weighted by atomic mass is 32.1. The Morgan fingerprint density at radius 1 is 1.03 bits per heavy atom. The van der Waals surface area contributed by atoms with Crippen LogP contribution < -0.4 is 10.1 Å². The van der Waals surface area contributed by atoms with Crippen molar-refractivity contribution in [3.63, 3.8) is 0 Å². The summed E-state index contributed by atoms with van der Waals surface area (Å²) in [7, 11) is 0. The van der Waals surface area contributed by atoms with Gasteiger partial charge in [-0.25, -0.2) is 4.98 Å². The lowest BCUT2D eigenvalue weighted by atomic mass is 9.73. The number of amides is 2. The Balaban J connectivity index is 1.23. The number of ether oxygens (including phenoxy) is 1. The van der Waals surface area contributed by atoms with Gasteiger partial charge >= 0.3 is 0 Å². The number of carbonyl (C=O) groups excluding carboxylic acids is 2. The van der Waals surface area contributed by atoms with Crippen LogP contribution in [0.3, 0.4) is 0 Å². The fraction of sp³-hybridized carbons (Fsp3) is 0.469. The zero-order valence-corrected chi connectivity index (χ0v) is 23.9. The molecule has 2 aliphatic rings. The number of rotatable bonds is 3. The molecule has 206 valence electrons. The van der Waals surface area contributed by atoms with E-state index in [1.165, 1.54) is 11.1 Å². The first kappa shape index (κ1) is 27.4. The van der Waals surface area contributed by atoms with Crippen LogP contribution in [0.25, 0.3) is 11.3 Å². The van der Waals surface area contributed by atoms with Gasteiger partial charge in [0.2, 0.25) is 11.8 Å². The maximum Gasteiger partial charge on any atom is 0.227 e. The largest absolute Gasteiger partial charge is 0.493 e. The molecule has 1 fully saturated rings. The fourth-order valence-electron chi connectivity index (χ4n) is 5.82. The van der Waals surface area contributed by atoms with Crippen molar-refractivity contribution in [2.45, 2.75) is 65.2 Å². The predicted octanol–water partition coefficient (Wildman–Crippen LogP) is 5.89. The summed E-state index contributed by atoms with van der Waals surface area (Å²) >= 11 is 1.60. The Hall–Kier alpha value is -3.19. The van der Waals surface area contributed by atoms with Crippen LogP contribution in [0.4, 0.5) is 0 Å². The number of benzene rings is 2. The number of fused-ring (bicyclic) bond motifs is 1. The molecule has 39 heavy (non-hydrogen) atoms. The summed E-state index contributed by atoms with van der Waals surface area (Å²) in [5, 5.41) is 4.16. The SMILES string of the molecule is Cc1ccc(-c2nc(C)sc2CC(=O)N2CCC3(CCCCc4ccccc4OCCCNC3=O)CC2)cc1. The van der Waals surface area contributed by atoms with Crippen molar-refractivity contribution >= 4 is 23.2 Å². The van der Waals surface area contributed by atoms with Gasteiger partial charge in [0.25, 0.3) is 0 Å². The van der Waals surface area contributed by atoms with Gasteiger partial charge in [-0.1, -0.05) is 54.4 Å². The van der Waals surface area contributed by atoms with E-state index in [4.69, 9.17) is 9.72 Å². The van der Waals surface area contributed by atoms with Gasteiger partial charge < -0.3 is 15.0 Å². The Morgan fingerprint density at radius 2 is 1.79 bits per heavy atom. The van der Waals surface area contributed by atoms with Crippen LogP contribution in [0.15, 0.2) is 48.5 Å². The van der Waals surface area contributed by atoms with E-state index in [1.54, 1.807) is 11.3 Å².